The first-order chi connectivity index (χ1) is 10.1. The summed E-state index contributed by atoms with van der Waals surface area (Å²) in [7, 11) is 0. The number of anilines is 2. The van der Waals surface area contributed by atoms with Gasteiger partial charge in [0.25, 0.3) is 11.6 Å². The Morgan fingerprint density at radius 2 is 2.19 bits per heavy atom. The first-order valence-electron chi connectivity index (χ1n) is 6.81. The number of nitro groups is 1. The standard InChI is InChI=1S/C13H18N4O4/c1-2-3-14-4-5-15-9-6-10-12(7-11(9)17(19)20)21-8-13(18)16-10/h6-7,14-15H,2-5,8H2,1H3,(H,16,18). The quantitative estimate of drug-likeness (QED) is 0.398. The Labute approximate surface area is 122 Å². The van der Waals surface area contributed by atoms with Crippen molar-refractivity contribution in [2.45, 2.75) is 13.3 Å². The van der Waals surface area contributed by atoms with E-state index in [4.69, 9.17) is 4.74 Å². The van der Waals surface area contributed by atoms with Gasteiger partial charge in [0.1, 0.15) is 5.69 Å². The van der Waals surface area contributed by atoms with Crippen LogP contribution in [0.25, 0.3) is 0 Å². The van der Waals surface area contributed by atoms with Gasteiger partial charge in [-0.25, -0.2) is 0 Å². The summed E-state index contributed by atoms with van der Waals surface area (Å²) < 4.78 is 5.18. The zero-order chi connectivity index (χ0) is 15.2. The van der Waals surface area contributed by atoms with Gasteiger partial charge in [0.2, 0.25) is 0 Å². The van der Waals surface area contributed by atoms with Crippen molar-refractivity contribution in [2.75, 3.05) is 36.9 Å². The van der Waals surface area contributed by atoms with Gasteiger partial charge < -0.3 is 20.7 Å². The third-order valence-corrected chi connectivity index (χ3v) is 2.97. The van der Waals surface area contributed by atoms with Crippen LogP contribution in [0.15, 0.2) is 12.1 Å². The molecule has 0 saturated heterocycles. The van der Waals surface area contributed by atoms with Gasteiger partial charge in [-0.2, -0.15) is 0 Å². The summed E-state index contributed by atoms with van der Waals surface area (Å²) in [4.78, 5) is 21.9. The Kier molecular flexibility index (Phi) is 4.94. The summed E-state index contributed by atoms with van der Waals surface area (Å²) in [6, 6.07) is 2.86. The van der Waals surface area contributed by atoms with Crippen LogP contribution >= 0.6 is 0 Å². The van der Waals surface area contributed by atoms with Crippen molar-refractivity contribution < 1.29 is 14.5 Å². The van der Waals surface area contributed by atoms with E-state index in [1.54, 1.807) is 0 Å². The third kappa shape index (κ3) is 3.82. The molecule has 2 rings (SSSR count). The second kappa shape index (κ2) is 6.89. The van der Waals surface area contributed by atoms with E-state index in [9.17, 15) is 14.9 Å². The number of hydrogen-bond donors (Lipinski definition) is 3. The smallest absolute Gasteiger partial charge is 0.296 e. The number of carbonyl (C=O) groups excluding carboxylic acids is 1. The van der Waals surface area contributed by atoms with E-state index >= 15 is 0 Å². The molecule has 1 aliphatic rings. The lowest BCUT2D eigenvalue weighted by Crippen LogP contribution is -2.26. The number of hydrogen-bond acceptors (Lipinski definition) is 6. The van der Waals surface area contributed by atoms with Crippen LogP contribution in [0, 0.1) is 10.1 Å². The first kappa shape index (κ1) is 15.0. The summed E-state index contributed by atoms with van der Waals surface area (Å²) in [5.74, 6) is 0.0443. The number of ether oxygens (including phenoxy) is 1. The number of amides is 1. The van der Waals surface area contributed by atoms with Gasteiger partial charge in [0, 0.05) is 13.1 Å². The molecule has 0 unspecified atom stereocenters. The van der Waals surface area contributed by atoms with E-state index in [0.717, 1.165) is 13.0 Å². The highest BCUT2D eigenvalue weighted by Crippen LogP contribution is 2.37. The maximum Gasteiger partial charge on any atom is 0.296 e. The molecule has 0 bridgehead atoms. The highest BCUT2D eigenvalue weighted by atomic mass is 16.6. The van der Waals surface area contributed by atoms with Gasteiger partial charge >= 0.3 is 0 Å². The van der Waals surface area contributed by atoms with Crippen molar-refractivity contribution in [1.82, 2.24) is 5.32 Å². The van der Waals surface area contributed by atoms with E-state index in [1.165, 1.54) is 12.1 Å². The van der Waals surface area contributed by atoms with Crippen LogP contribution in [0.2, 0.25) is 0 Å². The zero-order valence-corrected chi connectivity index (χ0v) is 11.8. The second-order valence-corrected chi connectivity index (χ2v) is 4.64. The van der Waals surface area contributed by atoms with Crippen LogP contribution < -0.4 is 20.7 Å². The van der Waals surface area contributed by atoms with E-state index < -0.39 is 4.92 Å². The van der Waals surface area contributed by atoms with Crippen molar-refractivity contribution in [3.8, 4) is 5.75 Å². The summed E-state index contributed by atoms with van der Waals surface area (Å²) in [5.41, 5.74) is 0.740. The zero-order valence-electron chi connectivity index (χ0n) is 11.8. The van der Waals surface area contributed by atoms with Crippen LogP contribution in [0.3, 0.4) is 0 Å². The van der Waals surface area contributed by atoms with E-state index in [2.05, 4.69) is 22.9 Å². The third-order valence-electron chi connectivity index (χ3n) is 2.97. The van der Waals surface area contributed by atoms with Gasteiger partial charge in [-0.05, 0) is 19.0 Å². The fraction of sp³-hybridized carbons (Fsp3) is 0.462. The molecule has 21 heavy (non-hydrogen) atoms. The average molecular weight is 294 g/mol. The normalized spacial score (nSPS) is 13.1. The molecule has 1 aromatic carbocycles. The van der Waals surface area contributed by atoms with E-state index in [0.29, 0.717) is 30.2 Å². The number of nitrogens with zero attached hydrogens (tertiary/aromatic N) is 1. The number of carbonyl (C=O) groups is 1. The molecule has 0 aliphatic carbocycles. The summed E-state index contributed by atoms with van der Waals surface area (Å²) >= 11 is 0. The molecular weight excluding hydrogens is 276 g/mol. The Morgan fingerprint density at radius 1 is 1.38 bits per heavy atom. The lowest BCUT2D eigenvalue weighted by Gasteiger charge is -2.19. The van der Waals surface area contributed by atoms with Crippen molar-refractivity contribution in [2.24, 2.45) is 0 Å². The topological polar surface area (TPSA) is 106 Å². The van der Waals surface area contributed by atoms with Crippen LogP contribution in [-0.2, 0) is 4.79 Å². The minimum Gasteiger partial charge on any atom is -0.481 e. The number of benzene rings is 1. The van der Waals surface area contributed by atoms with Gasteiger partial charge in [0.05, 0.1) is 16.7 Å². The van der Waals surface area contributed by atoms with Crippen molar-refractivity contribution in [1.29, 1.82) is 0 Å². The second-order valence-electron chi connectivity index (χ2n) is 4.64. The largest absolute Gasteiger partial charge is 0.481 e. The summed E-state index contributed by atoms with van der Waals surface area (Å²) in [6.45, 7) is 4.09. The minimum absolute atomic E-state index is 0.0691. The van der Waals surface area contributed by atoms with Crippen molar-refractivity contribution in [3.63, 3.8) is 0 Å². The van der Waals surface area contributed by atoms with Crippen molar-refractivity contribution in [3.05, 3.63) is 22.2 Å². The Hall–Kier alpha value is -2.35. The van der Waals surface area contributed by atoms with E-state index in [1.807, 2.05) is 0 Å². The predicted molar refractivity (Wildman–Crippen MR) is 78.9 cm³/mol. The average Bonchev–Trinajstić information content (AvgIpc) is 2.46. The maximum absolute atomic E-state index is 11.3. The molecule has 3 N–H and O–H groups in total. The number of nitrogens with one attached hydrogen (secondary N) is 3. The van der Waals surface area contributed by atoms with Crippen LogP contribution in [-0.4, -0.2) is 37.1 Å². The molecule has 0 fully saturated rings. The molecule has 1 amide bonds. The molecular formula is C13H18N4O4. The summed E-state index contributed by atoms with van der Waals surface area (Å²) in [5, 5.41) is 20.0. The van der Waals surface area contributed by atoms with Gasteiger partial charge in [-0.1, -0.05) is 6.92 Å². The molecule has 1 aliphatic heterocycles. The molecule has 0 atom stereocenters. The SMILES string of the molecule is CCCNCCNc1cc2c(cc1[N+](=O)[O-])OCC(=O)N2. The fourth-order valence-corrected chi connectivity index (χ4v) is 2.00. The molecule has 8 nitrogen and oxygen atoms in total. The van der Waals surface area contributed by atoms with Gasteiger partial charge in [-0.15, -0.1) is 0 Å². The lowest BCUT2D eigenvalue weighted by molar-refractivity contribution is -0.384. The monoisotopic (exact) mass is 294 g/mol. The summed E-state index contributed by atoms with van der Waals surface area (Å²) in [6.07, 6.45) is 1.03. The molecule has 0 aromatic heterocycles. The highest BCUT2D eigenvalue weighted by molar-refractivity contribution is 5.96. The van der Waals surface area contributed by atoms with Gasteiger partial charge in [0.15, 0.2) is 12.4 Å². The van der Waals surface area contributed by atoms with Crippen LogP contribution in [0.1, 0.15) is 13.3 Å². The highest BCUT2D eigenvalue weighted by Gasteiger charge is 2.23. The molecule has 0 spiro atoms. The van der Waals surface area contributed by atoms with Crippen LogP contribution in [0.5, 0.6) is 5.75 Å². The first-order valence-corrected chi connectivity index (χ1v) is 6.81. The van der Waals surface area contributed by atoms with Crippen LogP contribution in [0.4, 0.5) is 17.1 Å². The molecule has 1 heterocycles. The predicted octanol–water partition coefficient (Wildman–Crippen LogP) is 1.34. The molecule has 8 heteroatoms. The molecule has 0 saturated carbocycles. The number of fused-ring (bicyclic) bond motifs is 1. The Bertz CT molecular complexity index is 547. The maximum atomic E-state index is 11.3. The Morgan fingerprint density at radius 3 is 2.90 bits per heavy atom. The minimum atomic E-state index is -0.470. The molecule has 0 radical (unpaired) electrons. The molecule has 114 valence electrons. The number of nitro benzene ring substituents is 1. The fourth-order valence-electron chi connectivity index (χ4n) is 2.00. The van der Waals surface area contributed by atoms with Gasteiger partial charge in [-0.3, -0.25) is 14.9 Å². The van der Waals surface area contributed by atoms with Crippen molar-refractivity contribution >= 4 is 23.0 Å². The Balaban J connectivity index is 2.12. The lowest BCUT2D eigenvalue weighted by atomic mass is 10.2. The number of rotatable bonds is 7. The van der Waals surface area contributed by atoms with E-state index in [-0.39, 0.29) is 18.2 Å². The molecule has 1 aromatic rings.